The number of ether oxygens (including phenoxy) is 1. The van der Waals surface area contributed by atoms with Gasteiger partial charge >= 0.3 is 12.1 Å². The summed E-state index contributed by atoms with van der Waals surface area (Å²) < 4.78 is 39.7. The highest BCUT2D eigenvalue weighted by molar-refractivity contribution is 5.80. The maximum absolute atomic E-state index is 12.0. The van der Waals surface area contributed by atoms with E-state index in [4.69, 9.17) is 0 Å². The Morgan fingerprint density at radius 3 is 1.77 bits per heavy atom. The van der Waals surface area contributed by atoms with Crippen LogP contribution in [0.5, 0.6) is 0 Å². The third-order valence-corrected chi connectivity index (χ3v) is 1.28. The molecule has 0 rings (SSSR count). The zero-order valence-electron chi connectivity index (χ0n) is 6.77. The molecule has 0 aromatic heterocycles. The minimum Gasteiger partial charge on any atom is -0.545 e. The van der Waals surface area contributed by atoms with Gasteiger partial charge < -0.3 is 14.6 Å². The molecule has 1 atom stereocenters. The average molecular weight is 199 g/mol. The van der Waals surface area contributed by atoms with Crippen LogP contribution in [0.4, 0.5) is 13.2 Å². The molecule has 13 heavy (non-hydrogen) atoms. The second kappa shape index (κ2) is 3.23. The Hall–Kier alpha value is -1.27. The molecule has 0 radical (unpaired) electrons. The number of carboxylic acid groups (broad SMARTS) is 1. The lowest BCUT2D eigenvalue weighted by Crippen LogP contribution is -2.58. The van der Waals surface area contributed by atoms with Gasteiger partial charge in [0.1, 0.15) is 0 Å². The Morgan fingerprint density at radius 2 is 1.69 bits per heavy atom. The van der Waals surface area contributed by atoms with Gasteiger partial charge in [-0.3, -0.25) is 4.79 Å². The van der Waals surface area contributed by atoms with Crippen molar-refractivity contribution in [2.75, 3.05) is 0 Å². The van der Waals surface area contributed by atoms with E-state index in [2.05, 4.69) is 4.74 Å². The van der Waals surface area contributed by atoms with Gasteiger partial charge in [0.05, 0.1) is 5.97 Å². The first-order chi connectivity index (χ1) is 5.61. The summed E-state index contributed by atoms with van der Waals surface area (Å²) in [6.45, 7) is 0.886. The zero-order chi connectivity index (χ0) is 10.9. The highest BCUT2D eigenvalue weighted by Gasteiger charge is 2.55. The van der Waals surface area contributed by atoms with Crippen LogP contribution in [0, 0.1) is 0 Å². The second-order valence-corrected chi connectivity index (χ2v) is 2.41. The molecule has 0 saturated heterocycles. The van der Waals surface area contributed by atoms with E-state index in [0.717, 1.165) is 0 Å². The standard InChI is InChI=1S/C6H7F3O4/c1-3(10)13-5(2,4(11)12)6(7,8)9/h1-2H3,(H,11,12)/p-1. The minimum absolute atomic E-state index is 0.212. The van der Waals surface area contributed by atoms with Crippen LogP contribution in [-0.4, -0.2) is 23.7 Å². The minimum atomic E-state index is -5.20. The van der Waals surface area contributed by atoms with Crippen molar-refractivity contribution in [2.45, 2.75) is 25.6 Å². The van der Waals surface area contributed by atoms with Crippen LogP contribution >= 0.6 is 0 Å². The van der Waals surface area contributed by atoms with Gasteiger partial charge in [-0.15, -0.1) is 0 Å². The number of alkyl halides is 3. The summed E-state index contributed by atoms with van der Waals surface area (Å²) in [4.78, 5) is 20.3. The molecule has 0 fully saturated rings. The van der Waals surface area contributed by atoms with E-state index in [9.17, 15) is 27.9 Å². The number of hydrogen-bond acceptors (Lipinski definition) is 4. The van der Waals surface area contributed by atoms with Gasteiger partial charge in [0.15, 0.2) is 0 Å². The molecule has 1 unspecified atom stereocenters. The third kappa shape index (κ3) is 2.33. The summed E-state index contributed by atoms with van der Waals surface area (Å²) in [5, 5.41) is 10.1. The highest BCUT2D eigenvalue weighted by Crippen LogP contribution is 2.32. The fourth-order valence-electron chi connectivity index (χ4n) is 0.503. The summed E-state index contributed by atoms with van der Waals surface area (Å²) in [7, 11) is 0. The predicted molar refractivity (Wildman–Crippen MR) is 31.2 cm³/mol. The lowest BCUT2D eigenvalue weighted by atomic mass is 10.1. The Balaban J connectivity index is 4.96. The Bertz CT molecular complexity index is 235. The van der Waals surface area contributed by atoms with Crippen molar-refractivity contribution < 1.29 is 32.6 Å². The van der Waals surface area contributed by atoms with Crippen molar-refractivity contribution in [3.05, 3.63) is 0 Å². The van der Waals surface area contributed by atoms with Crippen LogP contribution in [0.2, 0.25) is 0 Å². The van der Waals surface area contributed by atoms with E-state index in [1.54, 1.807) is 0 Å². The van der Waals surface area contributed by atoms with Crippen LogP contribution in [0.25, 0.3) is 0 Å². The van der Waals surface area contributed by atoms with Gasteiger partial charge in [-0.05, 0) is 6.92 Å². The van der Waals surface area contributed by atoms with Crippen molar-refractivity contribution in [1.82, 2.24) is 0 Å². The van der Waals surface area contributed by atoms with Gasteiger partial charge in [0.25, 0.3) is 0 Å². The summed E-state index contributed by atoms with van der Waals surface area (Å²) >= 11 is 0. The first kappa shape index (κ1) is 11.7. The van der Waals surface area contributed by atoms with Gasteiger partial charge in [-0.2, -0.15) is 13.2 Å². The zero-order valence-corrected chi connectivity index (χ0v) is 6.77. The number of rotatable bonds is 2. The maximum atomic E-state index is 12.0. The lowest BCUT2D eigenvalue weighted by molar-refractivity contribution is -0.352. The van der Waals surface area contributed by atoms with Crippen molar-refractivity contribution in [3.63, 3.8) is 0 Å². The fourth-order valence-corrected chi connectivity index (χ4v) is 0.503. The number of aliphatic carboxylic acids is 1. The molecular weight excluding hydrogens is 193 g/mol. The molecule has 0 spiro atoms. The lowest BCUT2D eigenvalue weighted by Gasteiger charge is -2.31. The molecule has 0 amide bonds. The van der Waals surface area contributed by atoms with Gasteiger partial charge in [-0.1, -0.05) is 0 Å². The monoisotopic (exact) mass is 199 g/mol. The van der Waals surface area contributed by atoms with E-state index in [1.807, 2.05) is 0 Å². The number of carboxylic acids is 1. The van der Waals surface area contributed by atoms with Crippen molar-refractivity contribution >= 4 is 11.9 Å². The predicted octanol–water partition coefficient (Wildman–Crippen LogP) is -0.380. The Morgan fingerprint density at radius 1 is 1.31 bits per heavy atom. The molecule has 0 aliphatic heterocycles. The smallest absolute Gasteiger partial charge is 0.433 e. The number of hydrogen-bond donors (Lipinski definition) is 0. The average Bonchev–Trinajstić information content (AvgIpc) is 1.82. The van der Waals surface area contributed by atoms with Gasteiger partial charge in [0.2, 0.25) is 5.60 Å². The summed E-state index contributed by atoms with van der Waals surface area (Å²) in [6, 6.07) is 0. The molecular formula is C6H6F3O4-. The Kier molecular flexibility index (Phi) is 2.92. The maximum Gasteiger partial charge on any atom is 0.433 e. The number of halogens is 3. The van der Waals surface area contributed by atoms with E-state index < -0.39 is 23.7 Å². The highest BCUT2D eigenvalue weighted by atomic mass is 19.4. The first-order valence-electron chi connectivity index (χ1n) is 3.09. The van der Waals surface area contributed by atoms with E-state index >= 15 is 0 Å². The molecule has 0 N–H and O–H groups in total. The normalized spacial score (nSPS) is 16.1. The summed E-state index contributed by atoms with van der Waals surface area (Å²) in [6.07, 6.45) is -5.20. The number of carbonyl (C=O) groups excluding carboxylic acids is 2. The van der Waals surface area contributed by atoms with Crippen molar-refractivity contribution in [3.8, 4) is 0 Å². The molecule has 76 valence electrons. The molecule has 0 bridgehead atoms. The van der Waals surface area contributed by atoms with Crippen molar-refractivity contribution in [2.24, 2.45) is 0 Å². The van der Waals surface area contributed by atoms with Crippen molar-refractivity contribution in [1.29, 1.82) is 0 Å². The van der Waals surface area contributed by atoms with Crippen LogP contribution in [0.15, 0.2) is 0 Å². The molecule has 4 nitrogen and oxygen atoms in total. The summed E-state index contributed by atoms with van der Waals surface area (Å²) in [5.41, 5.74) is -3.58. The van der Waals surface area contributed by atoms with Crippen LogP contribution in [0.1, 0.15) is 13.8 Å². The van der Waals surface area contributed by atoms with Crippen LogP contribution in [-0.2, 0) is 14.3 Å². The number of esters is 1. The third-order valence-electron chi connectivity index (χ3n) is 1.28. The Labute approximate surface area is 71.3 Å². The quantitative estimate of drug-likeness (QED) is 0.568. The molecule has 0 aromatic carbocycles. The van der Waals surface area contributed by atoms with Crippen LogP contribution in [0.3, 0.4) is 0 Å². The SMILES string of the molecule is CC(=O)OC(C)(C(=O)[O-])C(F)(F)F. The van der Waals surface area contributed by atoms with E-state index in [-0.39, 0.29) is 6.92 Å². The molecule has 0 aromatic rings. The topological polar surface area (TPSA) is 66.4 Å². The molecule has 0 aliphatic rings. The summed E-state index contributed by atoms with van der Waals surface area (Å²) in [5.74, 6) is -3.85. The largest absolute Gasteiger partial charge is 0.545 e. The van der Waals surface area contributed by atoms with Crippen LogP contribution < -0.4 is 5.11 Å². The molecule has 7 heteroatoms. The molecule has 0 saturated carbocycles. The van der Waals surface area contributed by atoms with Gasteiger partial charge in [-0.25, -0.2) is 0 Å². The number of carbonyl (C=O) groups is 2. The molecule has 0 heterocycles. The van der Waals surface area contributed by atoms with E-state index in [0.29, 0.717) is 6.92 Å². The van der Waals surface area contributed by atoms with Gasteiger partial charge in [0, 0.05) is 6.92 Å². The fraction of sp³-hybridized carbons (Fsp3) is 0.667. The first-order valence-corrected chi connectivity index (χ1v) is 3.09. The second-order valence-electron chi connectivity index (χ2n) is 2.41. The van der Waals surface area contributed by atoms with E-state index in [1.165, 1.54) is 0 Å². The molecule has 0 aliphatic carbocycles.